The predicted molar refractivity (Wildman–Crippen MR) is 158 cm³/mol. The maximum atomic E-state index is 11.0. The molecule has 44 heavy (non-hydrogen) atoms. The summed E-state index contributed by atoms with van der Waals surface area (Å²) in [5.41, 5.74) is 1.31. The first-order chi connectivity index (χ1) is 21.2. The molecule has 2 N–H and O–H groups in total. The number of nitro groups is 2. The maximum absolute atomic E-state index is 11.0. The van der Waals surface area contributed by atoms with Crippen LogP contribution in [0.25, 0.3) is 0 Å². The van der Waals surface area contributed by atoms with E-state index in [2.05, 4.69) is 34.1 Å². The number of phenols is 2. The molecule has 224 valence electrons. The molecule has 0 atom stereocenters. The van der Waals surface area contributed by atoms with Crippen LogP contribution in [0.5, 0.6) is 34.5 Å². The number of piperidine rings is 2. The topological polar surface area (TPSA) is 152 Å². The second kappa shape index (κ2) is 10.5. The van der Waals surface area contributed by atoms with Crippen molar-refractivity contribution in [3.05, 3.63) is 116 Å². The van der Waals surface area contributed by atoms with Crippen molar-refractivity contribution in [2.45, 2.75) is 5.41 Å². The van der Waals surface area contributed by atoms with Gasteiger partial charge in [-0.3, -0.25) is 30.0 Å². The van der Waals surface area contributed by atoms with Crippen LogP contribution in [0.15, 0.2) is 84.9 Å². The van der Waals surface area contributed by atoms with Crippen LogP contribution < -0.4 is 9.47 Å². The van der Waals surface area contributed by atoms with Gasteiger partial charge in [0.15, 0.2) is 11.5 Å². The lowest BCUT2D eigenvalue weighted by Gasteiger charge is -2.63. The highest BCUT2D eigenvalue weighted by Crippen LogP contribution is 2.54. The Morgan fingerprint density at radius 1 is 0.614 bits per heavy atom. The SMILES string of the molecule is O=[N+]([O-])c1ccc(Oc2ccc(C3(c4ccc(Oc5ccc([N+](=O)[O-])c(O)c5)cc4)[C@H]4C[N@]5C[C@H]3C[N@](C4)C5)cc2)cc1O. The van der Waals surface area contributed by atoms with Crippen molar-refractivity contribution in [3.8, 4) is 34.5 Å². The average molecular weight is 597 g/mol. The zero-order chi connectivity index (χ0) is 30.6. The van der Waals surface area contributed by atoms with Crippen LogP contribution in [0.2, 0.25) is 0 Å². The van der Waals surface area contributed by atoms with Crippen LogP contribution in [0.4, 0.5) is 11.4 Å². The van der Waals surface area contributed by atoms with E-state index in [0.29, 0.717) is 34.8 Å². The normalized spacial score (nSPS) is 22.8. The van der Waals surface area contributed by atoms with Crippen LogP contribution in [0.1, 0.15) is 11.1 Å². The Morgan fingerprint density at radius 3 is 1.32 bits per heavy atom. The fourth-order valence-electron chi connectivity index (χ4n) is 7.36. The molecule has 12 heteroatoms. The van der Waals surface area contributed by atoms with Gasteiger partial charge < -0.3 is 19.7 Å². The van der Waals surface area contributed by atoms with Crippen molar-refractivity contribution in [1.82, 2.24) is 9.80 Å². The lowest BCUT2D eigenvalue weighted by Crippen LogP contribution is -2.71. The molecule has 4 saturated heterocycles. The number of hydrogen-bond acceptors (Lipinski definition) is 10. The van der Waals surface area contributed by atoms with Gasteiger partial charge in [-0.05, 0) is 59.4 Å². The summed E-state index contributed by atoms with van der Waals surface area (Å²) in [5.74, 6) is 1.46. The Morgan fingerprint density at radius 2 is 0.977 bits per heavy atom. The van der Waals surface area contributed by atoms with Crippen molar-refractivity contribution in [2.75, 3.05) is 32.8 Å². The number of aromatic hydroxyl groups is 2. The molecule has 4 aromatic rings. The van der Waals surface area contributed by atoms with Crippen molar-refractivity contribution >= 4 is 11.4 Å². The van der Waals surface area contributed by atoms with E-state index in [1.165, 1.54) is 47.5 Å². The highest BCUT2D eigenvalue weighted by molar-refractivity contribution is 5.53. The van der Waals surface area contributed by atoms with E-state index >= 15 is 0 Å². The predicted octanol–water partition coefficient (Wildman–Crippen LogP) is 5.62. The number of nitrogens with zero attached hydrogens (tertiary/aromatic N) is 4. The quantitative estimate of drug-likeness (QED) is 0.194. The van der Waals surface area contributed by atoms with Gasteiger partial charge in [-0.2, -0.15) is 0 Å². The molecule has 4 fully saturated rings. The van der Waals surface area contributed by atoms with Gasteiger partial charge in [-0.25, -0.2) is 0 Å². The molecule has 0 unspecified atom stereocenters. The Kier molecular flexibility index (Phi) is 6.60. The maximum Gasteiger partial charge on any atom is 0.310 e. The van der Waals surface area contributed by atoms with Gasteiger partial charge >= 0.3 is 11.4 Å². The third kappa shape index (κ3) is 4.64. The van der Waals surface area contributed by atoms with E-state index in [0.717, 1.165) is 32.8 Å². The zero-order valence-electron chi connectivity index (χ0n) is 23.4. The number of hydrogen-bond donors (Lipinski definition) is 2. The molecule has 4 aromatic carbocycles. The Balaban J connectivity index is 1.19. The second-order valence-corrected chi connectivity index (χ2v) is 11.5. The van der Waals surface area contributed by atoms with Crippen molar-refractivity contribution < 1.29 is 29.5 Å². The summed E-state index contributed by atoms with van der Waals surface area (Å²) < 4.78 is 11.8. The number of rotatable bonds is 8. The Labute approximate surface area is 251 Å². The Hall–Kier alpha value is -5.20. The monoisotopic (exact) mass is 596 g/mol. The molecule has 0 radical (unpaired) electrons. The molecule has 0 aromatic heterocycles. The Bertz CT molecular complexity index is 1620. The first-order valence-electron chi connectivity index (χ1n) is 14.2. The molecular formula is C32H28N4O8. The summed E-state index contributed by atoms with van der Waals surface area (Å²) in [6.07, 6.45) is 0. The van der Waals surface area contributed by atoms with Crippen molar-refractivity contribution in [1.29, 1.82) is 0 Å². The van der Waals surface area contributed by atoms with E-state index < -0.39 is 21.3 Å². The van der Waals surface area contributed by atoms with E-state index in [-0.39, 0.29) is 16.8 Å². The van der Waals surface area contributed by atoms with Gasteiger partial charge in [0.1, 0.15) is 23.0 Å². The van der Waals surface area contributed by atoms with Crippen molar-refractivity contribution in [3.63, 3.8) is 0 Å². The van der Waals surface area contributed by atoms with Crippen LogP contribution in [0, 0.1) is 32.1 Å². The standard InChI is InChI=1S/C32H28N4O8/c37-30-13-26(9-11-28(30)35(39)40)43-24-5-1-20(2-6-24)32(22-15-33-17-23(32)18-34(16-22)19-33)21-3-7-25(8-4-21)44-27-10-12-29(36(41)42)31(38)14-27/h1-14,22-23,37-38H,15-19H2/t22-,23-. The smallest absolute Gasteiger partial charge is 0.310 e. The molecule has 4 bridgehead atoms. The van der Waals surface area contributed by atoms with Gasteiger partial charge in [0, 0.05) is 55.9 Å². The highest BCUT2D eigenvalue weighted by atomic mass is 16.6. The number of nitro benzene ring substituents is 2. The summed E-state index contributed by atoms with van der Waals surface area (Å²) >= 11 is 0. The van der Waals surface area contributed by atoms with Crippen LogP contribution in [-0.4, -0.2) is 62.7 Å². The molecule has 12 nitrogen and oxygen atoms in total. The van der Waals surface area contributed by atoms with Gasteiger partial charge in [0.05, 0.1) is 16.5 Å². The van der Waals surface area contributed by atoms with Gasteiger partial charge in [0.25, 0.3) is 0 Å². The van der Waals surface area contributed by atoms with E-state index in [4.69, 9.17) is 9.47 Å². The lowest BCUT2D eigenvalue weighted by atomic mass is 9.54. The van der Waals surface area contributed by atoms with E-state index in [1.807, 2.05) is 24.3 Å². The summed E-state index contributed by atoms with van der Waals surface area (Å²) in [6, 6.07) is 23.7. The summed E-state index contributed by atoms with van der Waals surface area (Å²) in [5, 5.41) is 42.1. The minimum Gasteiger partial charge on any atom is -0.502 e. The average Bonchev–Trinajstić information content (AvgIpc) is 2.98. The van der Waals surface area contributed by atoms with Crippen molar-refractivity contribution in [2.24, 2.45) is 11.8 Å². The second-order valence-electron chi connectivity index (χ2n) is 11.5. The first kappa shape index (κ1) is 27.6. The lowest BCUT2D eigenvalue weighted by molar-refractivity contribution is -0.386. The molecule has 4 aliphatic heterocycles. The van der Waals surface area contributed by atoms with Gasteiger partial charge in [-0.1, -0.05) is 24.3 Å². The molecule has 4 heterocycles. The molecule has 0 saturated carbocycles. The molecule has 0 amide bonds. The molecule has 8 rings (SSSR count). The van der Waals surface area contributed by atoms with Gasteiger partial charge in [0.2, 0.25) is 0 Å². The molecule has 0 spiro atoms. The summed E-state index contributed by atoms with van der Waals surface area (Å²) in [4.78, 5) is 25.8. The minimum atomic E-state index is -0.648. The zero-order valence-corrected chi connectivity index (χ0v) is 23.4. The van der Waals surface area contributed by atoms with Gasteiger partial charge in [-0.15, -0.1) is 0 Å². The number of phenolic OH excluding ortho intramolecular Hbond substituents is 2. The van der Waals surface area contributed by atoms with E-state index in [1.54, 1.807) is 0 Å². The number of benzene rings is 4. The third-order valence-corrected chi connectivity index (χ3v) is 9.02. The summed E-state index contributed by atoms with van der Waals surface area (Å²) in [7, 11) is 0. The molecular weight excluding hydrogens is 568 g/mol. The van der Waals surface area contributed by atoms with Crippen LogP contribution in [0.3, 0.4) is 0 Å². The van der Waals surface area contributed by atoms with Crippen LogP contribution >= 0.6 is 0 Å². The summed E-state index contributed by atoms with van der Waals surface area (Å²) in [6.45, 7) is 4.91. The van der Waals surface area contributed by atoms with E-state index in [9.17, 15) is 30.4 Å². The largest absolute Gasteiger partial charge is 0.502 e. The third-order valence-electron chi connectivity index (χ3n) is 9.02. The first-order valence-corrected chi connectivity index (χ1v) is 14.2. The van der Waals surface area contributed by atoms with Crippen LogP contribution in [-0.2, 0) is 5.41 Å². The number of ether oxygens (including phenoxy) is 2. The molecule has 4 aliphatic rings. The fraction of sp³-hybridized carbons (Fsp3) is 0.250. The molecule has 0 aliphatic carbocycles. The fourth-order valence-corrected chi connectivity index (χ4v) is 7.36. The minimum absolute atomic E-state index is 0.262. The highest BCUT2D eigenvalue weighted by Gasteiger charge is 2.57.